The second-order valence-corrected chi connectivity index (χ2v) is 17.9. The monoisotopic (exact) mass is 850 g/mol. The molecular weight excluding hydrogens is 807 g/mol. The van der Waals surface area contributed by atoms with Gasteiger partial charge in [0.15, 0.2) is 26.7 Å². The van der Waals surface area contributed by atoms with Gasteiger partial charge in [-0.3, -0.25) is 32.8 Å². The number of halogens is 1. The van der Waals surface area contributed by atoms with Gasteiger partial charge in [0, 0.05) is 44.3 Å². The topological polar surface area (TPSA) is 278 Å². The summed E-state index contributed by atoms with van der Waals surface area (Å²) in [5.41, 5.74) is -0.616. The molecule has 56 heavy (non-hydrogen) atoms. The van der Waals surface area contributed by atoms with Gasteiger partial charge in [0.05, 0.1) is 24.7 Å². The lowest BCUT2D eigenvalue weighted by molar-refractivity contribution is -0.154. The highest BCUT2D eigenvalue weighted by Gasteiger charge is 2.47. The number of fused-ring (bicyclic) bond motifs is 1. The van der Waals surface area contributed by atoms with Crippen LogP contribution in [-0.2, 0) is 66.3 Å². The Kier molecular flexibility index (Phi) is 16.4. The molecule has 0 unspecified atom stereocenters. The summed E-state index contributed by atoms with van der Waals surface area (Å²) in [6.45, 7) is 0.141. The molecule has 2 aliphatic rings. The number of ether oxygens (including phenoxy) is 5. The van der Waals surface area contributed by atoms with Crippen LogP contribution < -0.4 is 5.32 Å². The highest BCUT2D eigenvalue weighted by Crippen LogP contribution is 2.50. The second-order valence-electron chi connectivity index (χ2n) is 13.0. The third kappa shape index (κ3) is 12.8. The van der Waals surface area contributed by atoms with Crippen molar-refractivity contribution in [3.63, 3.8) is 0 Å². The molecule has 1 saturated heterocycles. The minimum Gasteiger partial charge on any atom is -0.466 e. The number of hydrogen-bond acceptors (Lipinski definition) is 19. The lowest BCUT2D eigenvalue weighted by Crippen LogP contribution is -2.36. The summed E-state index contributed by atoms with van der Waals surface area (Å²) in [5.74, 6) is -3.85. The van der Waals surface area contributed by atoms with Gasteiger partial charge >= 0.3 is 31.5 Å². The second kappa shape index (κ2) is 20.5. The lowest BCUT2D eigenvalue weighted by Gasteiger charge is -2.20. The highest BCUT2D eigenvalue weighted by atomic mass is 35.5. The first-order valence-electron chi connectivity index (χ1n) is 17.6. The van der Waals surface area contributed by atoms with Crippen LogP contribution in [0.1, 0.15) is 77.0 Å². The van der Waals surface area contributed by atoms with Gasteiger partial charge in [-0.2, -0.15) is 5.26 Å². The molecule has 0 bridgehead atoms. The molecule has 2 aromatic heterocycles. The van der Waals surface area contributed by atoms with Gasteiger partial charge in [0.2, 0.25) is 13.6 Å². The average molecular weight is 851 g/mol. The van der Waals surface area contributed by atoms with Crippen molar-refractivity contribution in [1.29, 1.82) is 5.26 Å². The van der Waals surface area contributed by atoms with Crippen molar-refractivity contribution < 1.29 is 75.1 Å². The van der Waals surface area contributed by atoms with E-state index in [0.29, 0.717) is 11.1 Å². The van der Waals surface area contributed by atoms with Crippen LogP contribution in [0.4, 0.5) is 5.69 Å². The molecule has 4 atom stereocenters. The minimum absolute atomic E-state index is 0.0758. The van der Waals surface area contributed by atoms with Crippen LogP contribution in [0.5, 0.6) is 0 Å². The van der Waals surface area contributed by atoms with Crippen molar-refractivity contribution in [3.05, 3.63) is 23.0 Å². The maximum atomic E-state index is 13.7. The largest absolute Gasteiger partial charge is 0.466 e. The van der Waals surface area contributed by atoms with Crippen LogP contribution in [0.3, 0.4) is 0 Å². The summed E-state index contributed by atoms with van der Waals surface area (Å²) in [5, 5.41) is 35.5. The number of nitrogens with zero attached hydrogens (tertiary/aromatic N) is 3. The molecule has 1 saturated carbocycles. The Balaban J connectivity index is 1.44. The number of nitrogens with one attached hydrogen (secondary N) is 1. The van der Waals surface area contributed by atoms with Crippen LogP contribution in [0.25, 0.3) is 11.0 Å². The zero-order valence-electron chi connectivity index (χ0n) is 30.6. The number of aliphatic hydroxyl groups excluding tert-OH is 2. The van der Waals surface area contributed by atoms with E-state index in [2.05, 4.69) is 16.4 Å². The van der Waals surface area contributed by atoms with Crippen molar-refractivity contribution in [2.24, 2.45) is 0 Å². The standard InChI is InChI=1S/C33H44ClN4O16PS/c1-20(39)48-13-5-9-26(41)50-17-52-55(45,53-18-51-27(42)10-6-14-49-21(2)40)19-56(46,47)16-25-29(43)30(44)33(54-25)38-12-11-23-28(36-22-7-3-4-8-22)24(15-35)31(34)37-32(23)38/h11-12,22,25,29-30,33,43-44H,3-10,13-14,16-19H2,1-2H3,(H,36,37)/t25-,29-,30-,33-/m1/s1. The molecule has 1 aliphatic heterocycles. The van der Waals surface area contributed by atoms with Crippen molar-refractivity contribution in [2.75, 3.05) is 43.4 Å². The minimum atomic E-state index is -4.81. The number of aromatic nitrogens is 2. The third-order valence-electron chi connectivity index (χ3n) is 8.62. The van der Waals surface area contributed by atoms with Gasteiger partial charge in [0.1, 0.15) is 35.6 Å². The van der Waals surface area contributed by atoms with E-state index >= 15 is 0 Å². The molecule has 0 radical (unpaired) electrons. The number of aliphatic hydroxyl groups is 2. The number of pyridine rings is 1. The van der Waals surface area contributed by atoms with E-state index in [4.69, 9.17) is 44.3 Å². The van der Waals surface area contributed by atoms with E-state index in [-0.39, 0.29) is 61.3 Å². The Bertz CT molecular complexity index is 1890. The van der Waals surface area contributed by atoms with Gasteiger partial charge in [0.25, 0.3) is 0 Å². The van der Waals surface area contributed by atoms with Crippen LogP contribution in [0, 0.1) is 11.3 Å². The Morgan fingerprint density at radius 1 is 1.00 bits per heavy atom. The summed E-state index contributed by atoms with van der Waals surface area (Å²) < 4.78 is 77.2. The molecule has 23 heteroatoms. The van der Waals surface area contributed by atoms with Gasteiger partial charge in [-0.15, -0.1) is 0 Å². The fourth-order valence-electron chi connectivity index (χ4n) is 5.98. The maximum Gasteiger partial charge on any atom is 0.351 e. The fraction of sp³-hybridized carbons (Fsp3) is 0.636. The van der Waals surface area contributed by atoms with Crippen molar-refractivity contribution in [1.82, 2.24) is 9.55 Å². The quantitative estimate of drug-likeness (QED) is 0.0407. The van der Waals surface area contributed by atoms with Gasteiger partial charge in [-0.25, -0.2) is 13.4 Å². The lowest BCUT2D eigenvalue weighted by atomic mass is 10.1. The SMILES string of the molecule is CC(=O)OCCCC(=O)OCOP(=O)(CS(=O)(=O)C[C@H]1O[C@@H](n2ccc3c(NC4CCCC4)c(C#N)c(Cl)nc32)[C@H](O)[C@@H]1O)OCOC(=O)CCCOC(C)=O. The molecule has 310 valence electrons. The fourth-order valence-corrected chi connectivity index (χ4v) is 10.4. The van der Waals surface area contributed by atoms with Gasteiger partial charge in [-0.05, 0) is 31.7 Å². The normalized spacial score (nSPS) is 20.1. The number of rotatable bonds is 21. The smallest absolute Gasteiger partial charge is 0.351 e. The zero-order valence-corrected chi connectivity index (χ0v) is 33.1. The van der Waals surface area contributed by atoms with E-state index in [1.807, 2.05) is 0 Å². The molecule has 20 nitrogen and oxygen atoms in total. The molecule has 1 aliphatic carbocycles. The summed E-state index contributed by atoms with van der Waals surface area (Å²) in [4.78, 5) is 50.3. The van der Waals surface area contributed by atoms with Gasteiger partial charge in [-0.1, -0.05) is 24.4 Å². The van der Waals surface area contributed by atoms with E-state index in [1.165, 1.54) is 24.6 Å². The molecule has 3 N–H and O–H groups in total. The number of hydrogen-bond donors (Lipinski definition) is 3. The van der Waals surface area contributed by atoms with Crippen molar-refractivity contribution in [2.45, 2.75) is 95.8 Å². The predicted molar refractivity (Wildman–Crippen MR) is 193 cm³/mol. The number of anilines is 1. The zero-order chi connectivity index (χ0) is 41.0. The Labute approximate surface area is 327 Å². The molecule has 2 aromatic rings. The first-order valence-corrected chi connectivity index (χ1v) is 21.5. The van der Waals surface area contributed by atoms with Crippen LogP contribution in [-0.4, -0.2) is 114 Å². The Hall–Kier alpha value is -3.87. The number of nitriles is 1. The molecule has 0 spiro atoms. The molecule has 2 fully saturated rings. The highest BCUT2D eigenvalue weighted by molar-refractivity contribution is 7.97. The van der Waals surface area contributed by atoms with Crippen LogP contribution in [0.2, 0.25) is 5.15 Å². The Morgan fingerprint density at radius 2 is 1.57 bits per heavy atom. The van der Waals surface area contributed by atoms with E-state index < -0.39 is 90.7 Å². The maximum absolute atomic E-state index is 13.7. The first kappa shape index (κ1) is 44.8. The summed E-state index contributed by atoms with van der Waals surface area (Å²) in [6, 6.07) is 3.78. The molecule has 0 aromatic carbocycles. The number of carbonyl (C=O) groups excluding carboxylic acids is 4. The average Bonchev–Trinajstić information content (AvgIpc) is 3.85. The molecule has 4 rings (SSSR count). The Morgan fingerprint density at radius 3 is 2.11 bits per heavy atom. The molecular formula is C33H44ClN4O16PS. The van der Waals surface area contributed by atoms with Crippen molar-refractivity contribution in [3.8, 4) is 6.07 Å². The van der Waals surface area contributed by atoms with E-state index in [1.54, 1.807) is 6.07 Å². The van der Waals surface area contributed by atoms with E-state index in [9.17, 15) is 47.6 Å². The van der Waals surface area contributed by atoms with Crippen LogP contribution in [0.15, 0.2) is 12.3 Å². The number of sulfone groups is 1. The van der Waals surface area contributed by atoms with Gasteiger partial charge < -0.3 is 43.8 Å². The molecule has 0 amide bonds. The summed E-state index contributed by atoms with van der Waals surface area (Å²) >= 11 is 6.40. The number of carbonyl (C=O) groups is 4. The number of esters is 4. The first-order chi connectivity index (χ1) is 26.5. The van der Waals surface area contributed by atoms with E-state index in [0.717, 1.165) is 25.7 Å². The predicted octanol–water partition coefficient (Wildman–Crippen LogP) is 2.82. The molecule has 3 heterocycles. The third-order valence-corrected chi connectivity index (χ3v) is 13.6. The van der Waals surface area contributed by atoms with Crippen molar-refractivity contribution >= 4 is 69.6 Å². The summed E-state index contributed by atoms with van der Waals surface area (Å²) in [7, 11) is -9.39. The summed E-state index contributed by atoms with van der Waals surface area (Å²) in [6.07, 6.45) is -1.43. The van der Waals surface area contributed by atoms with Crippen LogP contribution >= 0.6 is 19.2 Å².